The van der Waals surface area contributed by atoms with Gasteiger partial charge in [-0.15, -0.1) is 0 Å². The molecule has 1 fully saturated rings. The topological polar surface area (TPSA) is 58.6 Å². The molecule has 5 nitrogen and oxygen atoms in total. The summed E-state index contributed by atoms with van der Waals surface area (Å²) in [6.07, 6.45) is 0.918. The summed E-state index contributed by atoms with van der Waals surface area (Å²) in [4.78, 5) is 27.6. The first-order valence-corrected chi connectivity index (χ1v) is 10.1. The van der Waals surface area contributed by atoms with Crippen molar-refractivity contribution in [1.29, 1.82) is 0 Å². The van der Waals surface area contributed by atoms with Gasteiger partial charge in [-0.05, 0) is 35.2 Å². The molecule has 3 aromatic rings. The van der Waals surface area contributed by atoms with E-state index in [1.165, 1.54) is 10.5 Å². The first-order valence-electron chi connectivity index (χ1n) is 10.1. The Bertz CT molecular complexity index is 995. The molecule has 0 saturated carbocycles. The second-order valence-electron chi connectivity index (χ2n) is 7.22. The molecule has 152 valence electrons. The van der Waals surface area contributed by atoms with Crippen LogP contribution in [0.4, 0.5) is 4.79 Å². The van der Waals surface area contributed by atoms with Gasteiger partial charge in [0.1, 0.15) is 12.4 Å². The van der Waals surface area contributed by atoms with Crippen molar-refractivity contribution in [3.63, 3.8) is 0 Å². The van der Waals surface area contributed by atoms with Crippen LogP contribution in [0.3, 0.4) is 0 Å². The lowest BCUT2D eigenvalue weighted by atomic mass is 9.82. The molecular formula is C25H24N2O3. The van der Waals surface area contributed by atoms with Gasteiger partial charge in [0.05, 0.1) is 6.54 Å². The number of benzene rings is 3. The van der Waals surface area contributed by atoms with Crippen molar-refractivity contribution in [3.8, 4) is 5.75 Å². The average molecular weight is 400 g/mol. The van der Waals surface area contributed by atoms with Crippen LogP contribution in [0.15, 0.2) is 84.9 Å². The average Bonchev–Trinajstić information content (AvgIpc) is 3.06. The molecule has 1 heterocycles. The van der Waals surface area contributed by atoms with Crippen molar-refractivity contribution in [2.75, 3.05) is 13.2 Å². The smallest absolute Gasteiger partial charge is 0.325 e. The Morgan fingerprint density at radius 3 is 2.10 bits per heavy atom. The number of amides is 3. The molecule has 4 rings (SSSR count). The number of nitrogens with zero attached hydrogens (tertiary/aromatic N) is 1. The quantitative estimate of drug-likeness (QED) is 0.607. The Morgan fingerprint density at radius 1 is 0.867 bits per heavy atom. The highest BCUT2D eigenvalue weighted by atomic mass is 16.5. The molecule has 0 radical (unpaired) electrons. The molecule has 0 aromatic heterocycles. The molecule has 0 atom stereocenters. The van der Waals surface area contributed by atoms with Gasteiger partial charge in [-0.1, -0.05) is 79.7 Å². The molecule has 0 unspecified atom stereocenters. The van der Waals surface area contributed by atoms with Crippen LogP contribution in [-0.2, 0) is 16.8 Å². The van der Waals surface area contributed by atoms with Gasteiger partial charge in [0.15, 0.2) is 5.54 Å². The summed E-state index contributed by atoms with van der Waals surface area (Å²) in [5, 5.41) is 2.95. The highest BCUT2D eigenvalue weighted by Gasteiger charge is 2.53. The van der Waals surface area contributed by atoms with Crippen molar-refractivity contribution >= 4 is 11.9 Å². The lowest BCUT2D eigenvalue weighted by Gasteiger charge is -2.28. The summed E-state index contributed by atoms with van der Waals surface area (Å²) in [5.74, 6) is 0.439. The van der Waals surface area contributed by atoms with Gasteiger partial charge >= 0.3 is 6.03 Å². The van der Waals surface area contributed by atoms with Crippen LogP contribution in [0.25, 0.3) is 0 Å². The summed E-state index contributed by atoms with van der Waals surface area (Å²) in [5.41, 5.74) is 1.40. The van der Waals surface area contributed by atoms with Crippen molar-refractivity contribution in [3.05, 3.63) is 102 Å². The zero-order valence-corrected chi connectivity index (χ0v) is 16.9. The van der Waals surface area contributed by atoms with Crippen LogP contribution >= 0.6 is 0 Å². The molecule has 0 aliphatic carbocycles. The number of rotatable bonds is 7. The molecule has 0 bridgehead atoms. The van der Waals surface area contributed by atoms with Crippen molar-refractivity contribution in [2.45, 2.75) is 18.9 Å². The van der Waals surface area contributed by atoms with E-state index in [9.17, 15) is 9.59 Å². The van der Waals surface area contributed by atoms with E-state index in [-0.39, 0.29) is 19.1 Å². The fourth-order valence-electron chi connectivity index (χ4n) is 3.82. The number of carbonyl (C=O) groups excluding carboxylic acids is 2. The minimum Gasteiger partial charge on any atom is -0.492 e. The predicted octanol–water partition coefficient (Wildman–Crippen LogP) is 4.12. The maximum atomic E-state index is 13.6. The van der Waals surface area contributed by atoms with Crippen LogP contribution in [0.2, 0.25) is 0 Å². The highest BCUT2D eigenvalue weighted by Crippen LogP contribution is 2.35. The number of nitrogens with one attached hydrogen (secondary N) is 1. The molecule has 3 aromatic carbocycles. The van der Waals surface area contributed by atoms with Gasteiger partial charge < -0.3 is 10.1 Å². The maximum absolute atomic E-state index is 13.6. The summed E-state index contributed by atoms with van der Waals surface area (Å²) in [7, 11) is 0. The summed E-state index contributed by atoms with van der Waals surface area (Å²) in [6.45, 7) is 2.48. The number of imide groups is 1. The Morgan fingerprint density at radius 2 is 1.50 bits per heavy atom. The summed E-state index contributed by atoms with van der Waals surface area (Å²) >= 11 is 0. The van der Waals surface area contributed by atoms with Crippen LogP contribution < -0.4 is 10.1 Å². The van der Waals surface area contributed by atoms with Gasteiger partial charge in [-0.25, -0.2) is 4.79 Å². The second kappa shape index (κ2) is 8.41. The highest BCUT2D eigenvalue weighted by molar-refractivity contribution is 6.09. The predicted molar refractivity (Wildman–Crippen MR) is 115 cm³/mol. The standard InChI is InChI=1S/C25H24N2O3/c1-2-19-10-9-15-22(18-19)30-17-16-27-23(28)25(26-24(27)29,20-11-5-3-6-12-20)21-13-7-4-8-14-21/h3-15,18H,2,16-17H2,1H3,(H,26,29). The Hall–Kier alpha value is -3.60. The fourth-order valence-corrected chi connectivity index (χ4v) is 3.82. The van der Waals surface area contributed by atoms with Crippen LogP contribution in [-0.4, -0.2) is 30.0 Å². The molecule has 3 amide bonds. The number of carbonyl (C=O) groups is 2. The lowest BCUT2D eigenvalue weighted by Crippen LogP contribution is -2.45. The Balaban J connectivity index is 1.58. The van der Waals surface area contributed by atoms with Crippen LogP contribution in [0, 0.1) is 0 Å². The molecule has 0 spiro atoms. The number of hydrogen-bond acceptors (Lipinski definition) is 3. The third-order valence-corrected chi connectivity index (χ3v) is 5.41. The van der Waals surface area contributed by atoms with E-state index in [0.29, 0.717) is 0 Å². The first-order chi connectivity index (χ1) is 14.6. The summed E-state index contributed by atoms with van der Waals surface area (Å²) in [6, 6.07) is 26.1. The van der Waals surface area contributed by atoms with Crippen molar-refractivity contribution in [2.24, 2.45) is 0 Å². The molecule has 1 aliphatic rings. The van der Waals surface area contributed by atoms with Crippen LogP contribution in [0.1, 0.15) is 23.6 Å². The molecule has 1 aliphatic heterocycles. The molecule has 1 N–H and O–H groups in total. The van der Waals surface area contributed by atoms with Gasteiger partial charge in [-0.3, -0.25) is 9.69 Å². The van der Waals surface area contributed by atoms with Crippen LogP contribution in [0.5, 0.6) is 5.75 Å². The van der Waals surface area contributed by atoms with Gasteiger partial charge in [0, 0.05) is 0 Å². The van der Waals surface area contributed by atoms with E-state index in [1.807, 2.05) is 84.9 Å². The molecule has 1 saturated heterocycles. The minimum absolute atomic E-state index is 0.169. The van der Waals surface area contributed by atoms with Crippen molar-refractivity contribution < 1.29 is 14.3 Å². The number of ether oxygens (including phenoxy) is 1. The largest absolute Gasteiger partial charge is 0.492 e. The lowest BCUT2D eigenvalue weighted by molar-refractivity contribution is -0.130. The van der Waals surface area contributed by atoms with E-state index < -0.39 is 11.6 Å². The minimum atomic E-state index is -1.23. The second-order valence-corrected chi connectivity index (χ2v) is 7.22. The zero-order valence-electron chi connectivity index (χ0n) is 16.9. The third kappa shape index (κ3) is 3.54. The SMILES string of the molecule is CCc1cccc(OCCN2C(=O)NC(c3ccccc3)(c3ccccc3)C2=O)c1. The molecule has 5 heteroatoms. The molecular weight excluding hydrogens is 376 g/mol. The zero-order chi connectivity index (χ0) is 21.0. The van der Waals surface area contributed by atoms with E-state index in [0.717, 1.165) is 23.3 Å². The Kier molecular flexibility index (Phi) is 5.53. The summed E-state index contributed by atoms with van der Waals surface area (Å²) < 4.78 is 5.81. The first kappa shape index (κ1) is 19.7. The third-order valence-electron chi connectivity index (χ3n) is 5.41. The molecule has 30 heavy (non-hydrogen) atoms. The van der Waals surface area contributed by atoms with Gasteiger partial charge in [0.25, 0.3) is 5.91 Å². The number of aryl methyl sites for hydroxylation is 1. The van der Waals surface area contributed by atoms with E-state index in [2.05, 4.69) is 12.2 Å². The van der Waals surface area contributed by atoms with Gasteiger partial charge in [-0.2, -0.15) is 0 Å². The number of urea groups is 1. The van der Waals surface area contributed by atoms with Crippen molar-refractivity contribution in [1.82, 2.24) is 10.2 Å². The normalized spacial score (nSPS) is 15.2. The van der Waals surface area contributed by atoms with E-state index in [1.54, 1.807) is 0 Å². The maximum Gasteiger partial charge on any atom is 0.325 e. The van der Waals surface area contributed by atoms with E-state index in [4.69, 9.17) is 4.74 Å². The Labute approximate surface area is 176 Å². The monoisotopic (exact) mass is 400 g/mol. The van der Waals surface area contributed by atoms with Gasteiger partial charge in [0.2, 0.25) is 0 Å². The fraction of sp³-hybridized carbons (Fsp3) is 0.200. The number of hydrogen-bond donors (Lipinski definition) is 1. The van der Waals surface area contributed by atoms with E-state index >= 15 is 0 Å².